The van der Waals surface area contributed by atoms with Gasteiger partial charge in [0.25, 0.3) is 0 Å². The Morgan fingerprint density at radius 1 is 1.17 bits per heavy atom. The Kier molecular flexibility index (Phi) is 2.81. The molecule has 4 rings (SSSR count). The molecule has 0 saturated heterocycles. The van der Waals surface area contributed by atoms with E-state index in [0.29, 0.717) is 6.42 Å². The summed E-state index contributed by atoms with van der Waals surface area (Å²) >= 11 is 0. The second-order valence-electron chi connectivity index (χ2n) is 5.52. The summed E-state index contributed by atoms with van der Waals surface area (Å²) in [5.41, 5.74) is 4.96. The summed E-state index contributed by atoms with van der Waals surface area (Å²) in [5, 5.41) is 11.2. The van der Waals surface area contributed by atoms with Gasteiger partial charge in [-0.25, -0.2) is 14.8 Å². The van der Waals surface area contributed by atoms with Crippen molar-refractivity contribution in [1.29, 1.82) is 0 Å². The maximum absolute atomic E-state index is 11.5. The number of nitrogens with one attached hydrogen (secondary N) is 1. The molecule has 0 atom stereocenters. The van der Waals surface area contributed by atoms with E-state index < -0.39 is 5.97 Å². The number of pyridine rings is 1. The number of carboxylic acids is 1. The number of aryl methyl sites for hydroxylation is 2. The molecule has 2 N–H and O–H groups in total. The van der Waals surface area contributed by atoms with Gasteiger partial charge in [-0.05, 0) is 31.0 Å². The summed E-state index contributed by atoms with van der Waals surface area (Å²) in [6, 6.07) is 3.87. The van der Waals surface area contributed by atoms with Gasteiger partial charge in [0.15, 0.2) is 5.69 Å². The fraction of sp³-hybridized carbons (Fsp3) is 0.176. The monoisotopic (exact) mass is 306 g/mol. The SMILES string of the molecule is CCc1c(C(=O)O)ncc2[nH]c3ccc4nc(C)cnc4c3c12. The number of benzene rings is 1. The van der Waals surface area contributed by atoms with Gasteiger partial charge in [0.2, 0.25) is 0 Å². The molecule has 0 spiro atoms. The topological polar surface area (TPSA) is 91.8 Å². The molecule has 0 bridgehead atoms. The highest BCUT2D eigenvalue weighted by Gasteiger charge is 2.19. The fourth-order valence-electron chi connectivity index (χ4n) is 3.14. The molecule has 4 aromatic rings. The first-order chi connectivity index (χ1) is 11.1. The van der Waals surface area contributed by atoms with Gasteiger partial charge in [0.1, 0.15) is 0 Å². The zero-order valence-corrected chi connectivity index (χ0v) is 12.7. The van der Waals surface area contributed by atoms with E-state index in [0.717, 1.165) is 44.1 Å². The number of carbonyl (C=O) groups is 1. The van der Waals surface area contributed by atoms with Crippen LogP contribution in [0, 0.1) is 6.92 Å². The molecule has 0 aliphatic heterocycles. The predicted molar refractivity (Wildman–Crippen MR) is 87.8 cm³/mol. The third-order valence-electron chi connectivity index (χ3n) is 4.09. The van der Waals surface area contributed by atoms with Crippen LogP contribution in [0.25, 0.3) is 32.8 Å². The third-order valence-corrected chi connectivity index (χ3v) is 4.09. The van der Waals surface area contributed by atoms with Gasteiger partial charge in [-0.3, -0.25) is 4.98 Å². The van der Waals surface area contributed by atoms with Gasteiger partial charge in [0, 0.05) is 22.5 Å². The summed E-state index contributed by atoms with van der Waals surface area (Å²) in [4.78, 5) is 27.9. The summed E-state index contributed by atoms with van der Waals surface area (Å²) < 4.78 is 0. The molecule has 6 heteroatoms. The van der Waals surface area contributed by atoms with Gasteiger partial charge >= 0.3 is 5.97 Å². The number of aromatic amines is 1. The van der Waals surface area contributed by atoms with Crippen molar-refractivity contribution in [2.75, 3.05) is 0 Å². The van der Waals surface area contributed by atoms with Gasteiger partial charge < -0.3 is 10.1 Å². The van der Waals surface area contributed by atoms with Crippen LogP contribution in [0.5, 0.6) is 0 Å². The zero-order chi connectivity index (χ0) is 16.1. The molecule has 3 aromatic heterocycles. The highest BCUT2D eigenvalue weighted by Crippen LogP contribution is 2.33. The van der Waals surface area contributed by atoms with E-state index >= 15 is 0 Å². The zero-order valence-electron chi connectivity index (χ0n) is 12.7. The lowest BCUT2D eigenvalue weighted by molar-refractivity contribution is 0.0689. The second kappa shape index (κ2) is 4.74. The van der Waals surface area contributed by atoms with Gasteiger partial charge in [-0.1, -0.05) is 6.92 Å². The molecule has 0 aliphatic rings. The lowest BCUT2D eigenvalue weighted by Gasteiger charge is -2.06. The molecule has 0 amide bonds. The maximum atomic E-state index is 11.5. The minimum atomic E-state index is -1.01. The number of nitrogens with zero attached hydrogens (tertiary/aromatic N) is 3. The van der Waals surface area contributed by atoms with Crippen molar-refractivity contribution in [3.63, 3.8) is 0 Å². The van der Waals surface area contributed by atoms with E-state index in [1.807, 2.05) is 26.0 Å². The average Bonchev–Trinajstić information content (AvgIpc) is 2.92. The van der Waals surface area contributed by atoms with E-state index in [2.05, 4.69) is 19.9 Å². The van der Waals surface area contributed by atoms with Crippen LogP contribution in [-0.2, 0) is 6.42 Å². The number of H-pyrrole nitrogens is 1. The average molecular weight is 306 g/mol. The first kappa shape index (κ1) is 13.6. The highest BCUT2D eigenvalue weighted by atomic mass is 16.4. The Labute approximate surface area is 131 Å². The van der Waals surface area contributed by atoms with E-state index in [9.17, 15) is 9.90 Å². The third kappa shape index (κ3) is 1.88. The summed E-state index contributed by atoms with van der Waals surface area (Å²) in [6.45, 7) is 3.83. The van der Waals surface area contributed by atoms with Crippen LogP contribution in [0.1, 0.15) is 28.7 Å². The van der Waals surface area contributed by atoms with Crippen molar-refractivity contribution in [2.45, 2.75) is 20.3 Å². The number of rotatable bonds is 2. The van der Waals surface area contributed by atoms with E-state index in [1.165, 1.54) is 0 Å². The fourth-order valence-corrected chi connectivity index (χ4v) is 3.14. The van der Waals surface area contributed by atoms with Crippen molar-refractivity contribution in [3.8, 4) is 0 Å². The Bertz CT molecular complexity index is 1100. The number of carboxylic acid groups (broad SMARTS) is 1. The van der Waals surface area contributed by atoms with Crippen molar-refractivity contribution in [1.82, 2.24) is 19.9 Å². The summed E-state index contributed by atoms with van der Waals surface area (Å²) in [7, 11) is 0. The molecule has 3 heterocycles. The van der Waals surface area contributed by atoms with Crippen molar-refractivity contribution in [3.05, 3.63) is 41.5 Å². The summed E-state index contributed by atoms with van der Waals surface area (Å²) in [6.07, 6.45) is 3.88. The number of hydrogen-bond acceptors (Lipinski definition) is 4. The molecule has 0 radical (unpaired) electrons. The van der Waals surface area contributed by atoms with Crippen molar-refractivity contribution < 1.29 is 9.90 Å². The second-order valence-corrected chi connectivity index (χ2v) is 5.52. The minimum absolute atomic E-state index is 0.0953. The van der Waals surface area contributed by atoms with Crippen LogP contribution < -0.4 is 0 Å². The van der Waals surface area contributed by atoms with Crippen LogP contribution in [-0.4, -0.2) is 31.0 Å². The normalized spacial score (nSPS) is 11.6. The molecule has 0 aliphatic carbocycles. The molecule has 0 unspecified atom stereocenters. The Morgan fingerprint density at radius 2 is 2.00 bits per heavy atom. The van der Waals surface area contributed by atoms with Crippen LogP contribution in [0.3, 0.4) is 0 Å². The van der Waals surface area contributed by atoms with Gasteiger partial charge in [-0.15, -0.1) is 0 Å². The molecule has 6 nitrogen and oxygen atoms in total. The lowest BCUT2D eigenvalue weighted by atomic mass is 10.0. The molecular weight excluding hydrogens is 292 g/mol. The quantitative estimate of drug-likeness (QED) is 0.593. The number of aromatic nitrogens is 4. The Balaban J connectivity index is 2.27. The molecule has 114 valence electrons. The number of fused-ring (bicyclic) bond motifs is 5. The van der Waals surface area contributed by atoms with Gasteiger partial charge in [-0.2, -0.15) is 0 Å². The largest absolute Gasteiger partial charge is 0.477 e. The van der Waals surface area contributed by atoms with E-state index in [-0.39, 0.29) is 5.69 Å². The summed E-state index contributed by atoms with van der Waals surface area (Å²) in [5.74, 6) is -1.01. The van der Waals surface area contributed by atoms with Crippen molar-refractivity contribution >= 4 is 38.8 Å². The molecule has 0 saturated carbocycles. The van der Waals surface area contributed by atoms with Crippen LogP contribution >= 0.6 is 0 Å². The van der Waals surface area contributed by atoms with E-state index in [4.69, 9.17) is 0 Å². The smallest absolute Gasteiger partial charge is 0.354 e. The Hall–Kier alpha value is -3.02. The molecule has 23 heavy (non-hydrogen) atoms. The van der Waals surface area contributed by atoms with Crippen molar-refractivity contribution in [2.24, 2.45) is 0 Å². The predicted octanol–water partition coefficient (Wildman–Crippen LogP) is 3.23. The molecule has 0 fully saturated rings. The van der Waals surface area contributed by atoms with Gasteiger partial charge in [0.05, 0.1) is 28.4 Å². The first-order valence-electron chi connectivity index (χ1n) is 7.39. The highest BCUT2D eigenvalue weighted by molar-refractivity contribution is 6.20. The molecular formula is C17H14N4O2. The van der Waals surface area contributed by atoms with Crippen LogP contribution in [0.4, 0.5) is 0 Å². The maximum Gasteiger partial charge on any atom is 0.354 e. The number of hydrogen-bond donors (Lipinski definition) is 2. The Morgan fingerprint density at radius 3 is 2.74 bits per heavy atom. The van der Waals surface area contributed by atoms with Crippen LogP contribution in [0.2, 0.25) is 0 Å². The standard InChI is InChI=1S/C17H14N4O2/c1-3-9-13-12(7-19-15(9)17(22)23)21-10-4-5-11-16(14(10)13)18-6-8(2)20-11/h4-7,21H,3H2,1-2H3,(H,22,23). The number of aromatic carboxylic acids is 1. The first-order valence-corrected chi connectivity index (χ1v) is 7.39. The lowest BCUT2D eigenvalue weighted by Crippen LogP contribution is -2.05. The molecule has 1 aromatic carbocycles. The van der Waals surface area contributed by atoms with E-state index in [1.54, 1.807) is 12.4 Å². The minimum Gasteiger partial charge on any atom is -0.477 e. The van der Waals surface area contributed by atoms with Crippen LogP contribution in [0.15, 0.2) is 24.5 Å².